The van der Waals surface area contributed by atoms with Gasteiger partial charge in [-0.15, -0.1) is 0 Å². The maximum Gasteiger partial charge on any atom is 0.371 e. The van der Waals surface area contributed by atoms with Crippen LogP contribution >= 0.6 is 0 Å². The molecule has 1 amide bonds. The number of carboxylic acid groups (broad SMARTS) is 1. The summed E-state index contributed by atoms with van der Waals surface area (Å²) in [5, 5.41) is 11.1. The number of nitrogens with zero attached hydrogens (tertiary/aromatic N) is 1. The lowest BCUT2D eigenvalue weighted by Crippen LogP contribution is -2.46. The van der Waals surface area contributed by atoms with E-state index in [1.807, 2.05) is 30.3 Å². The van der Waals surface area contributed by atoms with E-state index < -0.39 is 11.9 Å². The van der Waals surface area contributed by atoms with Crippen LogP contribution in [0.1, 0.15) is 18.4 Å². The molecular weight excluding hydrogens is 220 g/mol. The van der Waals surface area contributed by atoms with Gasteiger partial charge in [0.1, 0.15) is 0 Å². The number of aliphatic carboxylic acids is 1. The second-order valence-corrected chi connectivity index (χ2v) is 3.90. The molecule has 5 nitrogen and oxygen atoms in total. The van der Waals surface area contributed by atoms with Crippen molar-refractivity contribution in [3.63, 3.8) is 0 Å². The standard InChI is InChI=1S/C12H12N2O3/c1-7-9(8-5-3-2-4-6-8)11(15)14-10(13-7)12(16)17/h2-7,9H,1H3,(H,16,17)(H,13,14,15). The Balaban J connectivity index is 2.33. The molecule has 2 N–H and O–H groups in total. The molecule has 1 heterocycles. The summed E-state index contributed by atoms with van der Waals surface area (Å²) in [5.74, 6) is -2.25. The first kappa shape index (κ1) is 11.3. The van der Waals surface area contributed by atoms with E-state index >= 15 is 0 Å². The lowest BCUT2D eigenvalue weighted by molar-refractivity contribution is -0.131. The zero-order chi connectivity index (χ0) is 12.4. The van der Waals surface area contributed by atoms with E-state index in [-0.39, 0.29) is 17.8 Å². The second kappa shape index (κ2) is 4.37. The maximum absolute atomic E-state index is 11.9. The minimum Gasteiger partial charge on any atom is -0.475 e. The van der Waals surface area contributed by atoms with Crippen molar-refractivity contribution in [2.45, 2.75) is 18.9 Å². The molecule has 2 unspecified atom stereocenters. The van der Waals surface area contributed by atoms with Crippen molar-refractivity contribution in [3.8, 4) is 0 Å². The molecule has 1 aromatic rings. The molecule has 0 radical (unpaired) electrons. The Bertz CT molecular complexity index is 482. The number of hydrogen-bond donors (Lipinski definition) is 2. The van der Waals surface area contributed by atoms with E-state index in [2.05, 4.69) is 10.3 Å². The summed E-state index contributed by atoms with van der Waals surface area (Å²) in [7, 11) is 0. The Hall–Kier alpha value is -2.17. The minimum atomic E-state index is -1.21. The summed E-state index contributed by atoms with van der Waals surface area (Å²) >= 11 is 0. The smallest absolute Gasteiger partial charge is 0.371 e. The van der Waals surface area contributed by atoms with Crippen LogP contribution in [0, 0.1) is 0 Å². The minimum absolute atomic E-state index is 0.283. The lowest BCUT2D eigenvalue weighted by atomic mass is 9.90. The van der Waals surface area contributed by atoms with E-state index in [9.17, 15) is 9.59 Å². The maximum atomic E-state index is 11.9. The van der Waals surface area contributed by atoms with Gasteiger partial charge in [0.25, 0.3) is 0 Å². The van der Waals surface area contributed by atoms with E-state index in [4.69, 9.17) is 5.11 Å². The highest BCUT2D eigenvalue weighted by molar-refractivity contribution is 6.38. The van der Waals surface area contributed by atoms with Crippen molar-refractivity contribution in [1.29, 1.82) is 0 Å². The Labute approximate surface area is 98.2 Å². The fourth-order valence-corrected chi connectivity index (χ4v) is 1.92. The second-order valence-electron chi connectivity index (χ2n) is 3.90. The molecule has 1 aromatic carbocycles. The van der Waals surface area contributed by atoms with Crippen LogP contribution in [-0.2, 0) is 9.59 Å². The van der Waals surface area contributed by atoms with Crippen LogP contribution in [0.3, 0.4) is 0 Å². The first-order valence-electron chi connectivity index (χ1n) is 5.26. The number of rotatable bonds is 2. The number of carboxylic acids is 1. The molecule has 0 bridgehead atoms. The Morgan fingerprint density at radius 3 is 2.53 bits per heavy atom. The molecule has 0 spiro atoms. The zero-order valence-corrected chi connectivity index (χ0v) is 9.25. The summed E-state index contributed by atoms with van der Waals surface area (Å²) in [6.45, 7) is 1.74. The molecule has 0 fully saturated rings. The van der Waals surface area contributed by atoms with E-state index in [0.29, 0.717) is 0 Å². The highest BCUT2D eigenvalue weighted by Gasteiger charge is 2.33. The van der Waals surface area contributed by atoms with Crippen molar-refractivity contribution in [1.82, 2.24) is 5.32 Å². The number of amidine groups is 1. The quantitative estimate of drug-likeness (QED) is 0.790. The molecule has 2 rings (SSSR count). The van der Waals surface area contributed by atoms with Gasteiger partial charge >= 0.3 is 5.97 Å². The molecule has 1 aliphatic heterocycles. The third-order valence-corrected chi connectivity index (χ3v) is 2.70. The van der Waals surface area contributed by atoms with Crippen LogP contribution in [0.4, 0.5) is 0 Å². The van der Waals surface area contributed by atoms with Crippen LogP contribution in [0.25, 0.3) is 0 Å². The number of aliphatic imine (C=N–C) groups is 1. The van der Waals surface area contributed by atoms with Crippen LogP contribution < -0.4 is 5.32 Å². The Morgan fingerprint density at radius 2 is 2.00 bits per heavy atom. The Morgan fingerprint density at radius 1 is 1.35 bits per heavy atom. The van der Waals surface area contributed by atoms with Gasteiger partial charge in [0.15, 0.2) is 0 Å². The number of nitrogens with one attached hydrogen (secondary N) is 1. The van der Waals surface area contributed by atoms with Gasteiger partial charge in [-0.3, -0.25) is 9.79 Å². The van der Waals surface area contributed by atoms with E-state index in [1.165, 1.54) is 0 Å². The largest absolute Gasteiger partial charge is 0.475 e. The molecule has 88 valence electrons. The molecule has 17 heavy (non-hydrogen) atoms. The predicted octanol–water partition coefficient (Wildman–Crippen LogP) is 0.772. The topological polar surface area (TPSA) is 78.8 Å². The summed E-state index contributed by atoms with van der Waals surface area (Å²) in [4.78, 5) is 26.6. The highest BCUT2D eigenvalue weighted by Crippen LogP contribution is 2.24. The number of carbonyl (C=O) groups excluding carboxylic acids is 1. The van der Waals surface area contributed by atoms with Gasteiger partial charge in [-0.05, 0) is 12.5 Å². The van der Waals surface area contributed by atoms with Gasteiger partial charge in [0.2, 0.25) is 11.7 Å². The fourth-order valence-electron chi connectivity index (χ4n) is 1.92. The molecular formula is C12H12N2O3. The van der Waals surface area contributed by atoms with Gasteiger partial charge < -0.3 is 10.4 Å². The zero-order valence-electron chi connectivity index (χ0n) is 9.25. The summed E-state index contributed by atoms with van der Waals surface area (Å²) < 4.78 is 0. The van der Waals surface area contributed by atoms with Gasteiger partial charge in [0.05, 0.1) is 12.0 Å². The van der Waals surface area contributed by atoms with Crippen molar-refractivity contribution >= 4 is 17.7 Å². The van der Waals surface area contributed by atoms with E-state index in [0.717, 1.165) is 5.56 Å². The normalized spacial score (nSPS) is 23.8. The molecule has 0 aromatic heterocycles. The van der Waals surface area contributed by atoms with Crippen molar-refractivity contribution < 1.29 is 14.7 Å². The SMILES string of the molecule is CC1N=C(C(=O)O)NC(=O)C1c1ccccc1. The van der Waals surface area contributed by atoms with Gasteiger partial charge in [0, 0.05) is 0 Å². The number of benzene rings is 1. The lowest BCUT2D eigenvalue weighted by Gasteiger charge is -2.25. The number of carbonyl (C=O) groups is 2. The average Bonchev–Trinajstić information content (AvgIpc) is 2.29. The van der Waals surface area contributed by atoms with Crippen molar-refractivity contribution in [2.75, 3.05) is 0 Å². The molecule has 0 aliphatic carbocycles. The van der Waals surface area contributed by atoms with Gasteiger partial charge in [-0.2, -0.15) is 0 Å². The fraction of sp³-hybridized carbons (Fsp3) is 0.250. The van der Waals surface area contributed by atoms with Crippen molar-refractivity contribution in [3.05, 3.63) is 35.9 Å². The first-order valence-corrected chi connectivity index (χ1v) is 5.26. The van der Waals surface area contributed by atoms with Crippen LogP contribution in [-0.4, -0.2) is 28.9 Å². The summed E-state index contributed by atoms with van der Waals surface area (Å²) in [6, 6.07) is 8.83. The number of hydrogen-bond acceptors (Lipinski definition) is 3. The summed E-state index contributed by atoms with van der Waals surface area (Å²) in [6.07, 6.45) is 0. The molecule has 0 saturated carbocycles. The van der Waals surface area contributed by atoms with Crippen LogP contribution in [0.15, 0.2) is 35.3 Å². The molecule has 2 atom stereocenters. The van der Waals surface area contributed by atoms with Gasteiger partial charge in [-0.25, -0.2) is 4.79 Å². The predicted molar refractivity (Wildman–Crippen MR) is 61.9 cm³/mol. The molecule has 1 aliphatic rings. The van der Waals surface area contributed by atoms with Crippen molar-refractivity contribution in [2.24, 2.45) is 4.99 Å². The summed E-state index contributed by atoms with van der Waals surface area (Å²) in [5.41, 5.74) is 0.839. The average molecular weight is 232 g/mol. The highest BCUT2D eigenvalue weighted by atomic mass is 16.4. The van der Waals surface area contributed by atoms with Gasteiger partial charge in [-0.1, -0.05) is 30.3 Å². The Kier molecular flexibility index (Phi) is 2.91. The molecule has 5 heteroatoms. The molecule has 0 saturated heterocycles. The monoisotopic (exact) mass is 232 g/mol. The number of amides is 1. The third-order valence-electron chi connectivity index (χ3n) is 2.70. The first-order chi connectivity index (χ1) is 8.09. The van der Waals surface area contributed by atoms with E-state index in [1.54, 1.807) is 6.92 Å². The third kappa shape index (κ3) is 2.18. The van der Waals surface area contributed by atoms with Crippen LogP contribution in [0.2, 0.25) is 0 Å². The van der Waals surface area contributed by atoms with Crippen LogP contribution in [0.5, 0.6) is 0 Å².